The highest BCUT2D eigenvalue weighted by molar-refractivity contribution is 5.95. The molecule has 0 spiro atoms. The topological polar surface area (TPSA) is 71.2 Å². The molecule has 2 N–H and O–H groups in total. The maximum atomic E-state index is 12.2. The normalized spacial score (nSPS) is 12.1. The molecule has 0 aliphatic rings. The van der Waals surface area contributed by atoms with Crippen LogP contribution in [0.1, 0.15) is 48.4 Å². The van der Waals surface area contributed by atoms with Crippen molar-refractivity contribution in [3.8, 4) is 0 Å². The summed E-state index contributed by atoms with van der Waals surface area (Å²) in [5.41, 5.74) is 3.49. The standard InChI is InChI=1S/C23H26N2O3/c1-15(2)12-17-8-10-18(11-9-17)16(3)24-22(26)14-28-23(27)21-13-19-6-4-5-7-20(19)25-21/h4-11,13,15-16,25H,12,14H2,1-3H3,(H,24,26)/t16-/m1/s1. The van der Waals surface area contributed by atoms with Crippen molar-refractivity contribution < 1.29 is 14.3 Å². The van der Waals surface area contributed by atoms with Crippen molar-refractivity contribution in [2.24, 2.45) is 5.92 Å². The maximum absolute atomic E-state index is 12.2. The lowest BCUT2D eigenvalue weighted by Crippen LogP contribution is -2.31. The number of nitrogens with one attached hydrogen (secondary N) is 2. The Labute approximate surface area is 165 Å². The van der Waals surface area contributed by atoms with E-state index in [0.717, 1.165) is 22.9 Å². The third kappa shape index (κ3) is 5.00. The third-order valence-electron chi connectivity index (χ3n) is 4.59. The number of hydrogen-bond acceptors (Lipinski definition) is 3. The van der Waals surface area contributed by atoms with E-state index in [1.165, 1.54) is 5.56 Å². The van der Waals surface area contributed by atoms with Crippen LogP contribution < -0.4 is 5.32 Å². The number of amides is 1. The molecule has 0 radical (unpaired) electrons. The Kier molecular flexibility index (Phi) is 6.14. The highest BCUT2D eigenvalue weighted by Crippen LogP contribution is 2.16. The molecule has 2 aromatic carbocycles. The highest BCUT2D eigenvalue weighted by Gasteiger charge is 2.15. The quantitative estimate of drug-likeness (QED) is 0.599. The van der Waals surface area contributed by atoms with Gasteiger partial charge in [0.2, 0.25) is 0 Å². The molecule has 1 atom stereocenters. The minimum absolute atomic E-state index is 0.160. The number of fused-ring (bicyclic) bond motifs is 1. The lowest BCUT2D eigenvalue weighted by molar-refractivity contribution is -0.124. The fourth-order valence-electron chi connectivity index (χ4n) is 3.17. The summed E-state index contributed by atoms with van der Waals surface area (Å²) < 4.78 is 5.14. The second-order valence-electron chi connectivity index (χ2n) is 7.48. The molecule has 28 heavy (non-hydrogen) atoms. The van der Waals surface area contributed by atoms with Crippen LogP contribution >= 0.6 is 0 Å². The summed E-state index contributed by atoms with van der Waals surface area (Å²) in [6.07, 6.45) is 1.03. The van der Waals surface area contributed by atoms with E-state index in [2.05, 4.69) is 36.3 Å². The average molecular weight is 378 g/mol. The van der Waals surface area contributed by atoms with Gasteiger partial charge in [-0.05, 0) is 42.5 Å². The van der Waals surface area contributed by atoms with E-state index in [4.69, 9.17) is 4.74 Å². The second-order valence-corrected chi connectivity index (χ2v) is 7.48. The molecule has 1 heterocycles. The number of para-hydroxylation sites is 1. The first kappa shape index (κ1) is 19.7. The van der Waals surface area contributed by atoms with Crippen molar-refractivity contribution in [3.05, 3.63) is 71.4 Å². The number of aromatic amines is 1. The Morgan fingerprint density at radius 2 is 1.75 bits per heavy atom. The van der Waals surface area contributed by atoms with E-state index in [-0.39, 0.29) is 18.6 Å². The van der Waals surface area contributed by atoms with Crippen molar-refractivity contribution in [2.75, 3.05) is 6.61 Å². The van der Waals surface area contributed by atoms with E-state index in [1.54, 1.807) is 6.07 Å². The van der Waals surface area contributed by atoms with E-state index < -0.39 is 5.97 Å². The van der Waals surface area contributed by atoms with Crippen LogP contribution in [0.4, 0.5) is 0 Å². The van der Waals surface area contributed by atoms with Crippen LogP contribution in [0.3, 0.4) is 0 Å². The Balaban J connectivity index is 1.51. The number of ether oxygens (including phenoxy) is 1. The van der Waals surface area contributed by atoms with Crippen molar-refractivity contribution in [1.82, 2.24) is 10.3 Å². The molecule has 0 bridgehead atoms. The fourth-order valence-corrected chi connectivity index (χ4v) is 3.17. The van der Waals surface area contributed by atoms with Crippen molar-refractivity contribution >= 4 is 22.8 Å². The summed E-state index contributed by atoms with van der Waals surface area (Å²) in [6.45, 7) is 5.97. The van der Waals surface area contributed by atoms with E-state index in [1.807, 2.05) is 43.3 Å². The average Bonchev–Trinajstić information content (AvgIpc) is 3.10. The third-order valence-corrected chi connectivity index (χ3v) is 4.59. The molecular weight excluding hydrogens is 352 g/mol. The smallest absolute Gasteiger partial charge is 0.355 e. The van der Waals surface area contributed by atoms with Crippen LogP contribution in [-0.4, -0.2) is 23.5 Å². The van der Waals surface area contributed by atoms with Gasteiger partial charge in [0.25, 0.3) is 5.91 Å². The first-order valence-electron chi connectivity index (χ1n) is 9.55. The van der Waals surface area contributed by atoms with Gasteiger partial charge in [-0.1, -0.05) is 56.3 Å². The predicted molar refractivity (Wildman–Crippen MR) is 110 cm³/mol. The number of rotatable bonds is 7. The summed E-state index contributed by atoms with van der Waals surface area (Å²) in [7, 11) is 0. The van der Waals surface area contributed by atoms with Crippen LogP contribution in [0.15, 0.2) is 54.6 Å². The van der Waals surface area contributed by atoms with Crippen LogP contribution in [0.2, 0.25) is 0 Å². The monoisotopic (exact) mass is 378 g/mol. The Morgan fingerprint density at radius 3 is 2.43 bits per heavy atom. The number of hydrogen-bond donors (Lipinski definition) is 2. The molecular formula is C23H26N2O3. The van der Waals surface area contributed by atoms with Gasteiger partial charge in [0, 0.05) is 10.9 Å². The Morgan fingerprint density at radius 1 is 1.04 bits per heavy atom. The van der Waals surface area contributed by atoms with Crippen molar-refractivity contribution in [1.29, 1.82) is 0 Å². The summed E-state index contributed by atoms with van der Waals surface area (Å²) in [5.74, 6) is -0.268. The minimum atomic E-state index is -0.544. The first-order chi connectivity index (χ1) is 13.4. The molecule has 1 amide bonds. The van der Waals surface area contributed by atoms with Crippen molar-refractivity contribution in [2.45, 2.75) is 33.2 Å². The SMILES string of the molecule is CC(C)Cc1ccc([C@@H](C)NC(=O)COC(=O)c2cc3ccccc3[nH]2)cc1. The summed E-state index contributed by atoms with van der Waals surface area (Å²) in [6, 6.07) is 17.4. The van der Waals surface area contributed by atoms with Crippen LogP contribution in [0.5, 0.6) is 0 Å². The molecule has 146 valence electrons. The minimum Gasteiger partial charge on any atom is -0.451 e. The molecule has 0 aliphatic carbocycles. The van der Waals surface area contributed by atoms with Gasteiger partial charge in [0.05, 0.1) is 6.04 Å². The van der Waals surface area contributed by atoms with E-state index in [9.17, 15) is 9.59 Å². The molecule has 0 saturated carbocycles. The van der Waals surface area contributed by atoms with Gasteiger partial charge < -0.3 is 15.0 Å². The van der Waals surface area contributed by atoms with Gasteiger partial charge in [0.15, 0.2) is 6.61 Å². The Bertz CT molecular complexity index is 924. The zero-order valence-electron chi connectivity index (χ0n) is 16.5. The molecule has 0 saturated heterocycles. The zero-order chi connectivity index (χ0) is 20.1. The number of benzene rings is 2. The number of aromatic nitrogens is 1. The Hall–Kier alpha value is -3.08. The molecule has 5 nitrogen and oxygen atoms in total. The molecule has 3 aromatic rings. The summed E-state index contributed by atoms with van der Waals surface area (Å²) in [4.78, 5) is 27.3. The van der Waals surface area contributed by atoms with Gasteiger partial charge in [-0.2, -0.15) is 0 Å². The van der Waals surface area contributed by atoms with Gasteiger partial charge in [-0.15, -0.1) is 0 Å². The van der Waals surface area contributed by atoms with E-state index in [0.29, 0.717) is 11.6 Å². The second kappa shape index (κ2) is 8.74. The van der Waals surface area contributed by atoms with Gasteiger partial charge in [-0.25, -0.2) is 4.79 Å². The molecule has 5 heteroatoms. The molecule has 0 fully saturated rings. The molecule has 0 aliphatic heterocycles. The van der Waals surface area contributed by atoms with Crippen LogP contribution in [-0.2, 0) is 16.0 Å². The van der Waals surface area contributed by atoms with Crippen LogP contribution in [0, 0.1) is 5.92 Å². The molecule has 1 aromatic heterocycles. The number of H-pyrrole nitrogens is 1. The molecule has 3 rings (SSSR count). The first-order valence-corrected chi connectivity index (χ1v) is 9.55. The van der Waals surface area contributed by atoms with E-state index >= 15 is 0 Å². The van der Waals surface area contributed by atoms with Crippen LogP contribution in [0.25, 0.3) is 10.9 Å². The number of carbonyl (C=O) groups excluding carboxylic acids is 2. The zero-order valence-corrected chi connectivity index (χ0v) is 16.5. The van der Waals surface area contributed by atoms with Gasteiger partial charge in [0.1, 0.15) is 5.69 Å². The maximum Gasteiger partial charge on any atom is 0.355 e. The lowest BCUT2D eigenvalue weighted by Gasteiger charge is -2.15. The highest BCUT2D eigenvalue weighted by atomic mass is 16.5. The largest absolute Gasteiger partial charge is 0.451 e. The lowest BCUT2D eigenvalue weighted by atomic mass is 10.00. The molecule has 0 unspecified atom stereocenters. The predicted octanol–water partition coefficient (Wildman–Crippen LogP) is 4.40. The van der Waals surface area contributed by atoms with Crippen molar-refractivity contribution in [3.63, 3.8) is 0 Å². The van der Waals surface area contributed by atoms with Gasteiger partial charge in [-0.3, -0.25) is 4.79 Å². The number of carbonyl (C=O) groups is 2. The summed E-state index contributed by atoms with van der Waals surface area (Å²) in [5, 5.41) is 3.79. The fraction of sp³-hybridized carbons (Fsp3) is 0.304. The summed E-state index contributed by atoms with van der Waals surface area (Å²) >= 11 is 0. The van der Waals surface area contributed by atoms with Gasteiger partial charge >= 0.3 is 5.97 Å². The number of esters is 1.